The summed E-state index contributed by atoms with van der Waals surface area (Å²) in [4.78, 5) is 38.8. The Morgan fingerprint density at radius 1 is 0.942 bits per heavy atom. The van der Waals surface area contributed by atoms with Crippen LogP contribution in [0.2, 0.25) is 0 Å². The van der Waals surface area contributed by atoms with Crippen molar-refractivity contribution < 1.29 is 28.2 Å². The molecule has 13 heteroatoms. The first kappa shape index (κ1) is 35.3. The number of phenolic OH excluding ortho intramolecular Hbond substituents is 1. The van der Waals surface area contributed by atoms with Crippen LogP contribution in [0.25, 0.3) is 11.1 Å². The summed E-state index contributed by atoms with van der Waals surface area (Å²) in [6, 6.07) is 13.8. The first-order valence-electron chi connectivity index (χ1n) is 17.8. The molecular formula is C39H43F2N7O4. The van der Waals surface area contributed by atoms with Crippen LogP contribution in [-0.2, 0) is 11.3 Å². The van der Waals surface area contributed by atoms with Gasteiger partial charge in [-0.3, -0.25) is 19.5 Å². The number of amides is 2. The van der Waals surface area contributed by atoms with Crippen molar-refractivity contribution in [2.45, 2.75) is 76.3 Å². The van der Waals surface area contributed by atoms with E-state index in [0.29, 0.717) is 55.9 Å². The minimum absolute atomic E-state index is 0.0237. The average molecular weight is 712 g/mol. The third-order valence-corrected chi connectivity index (χ3v) is 9.89. The molecule has 0 radical (unpaired) electrons. The maximum atomic E-state index is 14.4. The van der Waals surface area contributed by atoms with Crippen molar-refractivity contribution in [1.29, 1.82) is 0 Å². The number of benzene rings is 2. The molecule has 272 valence electrons. The van der Waals surface area contributed by atoms with Gasteiger partial charge >= 0.3 is 0 Å². The van der Waals surface area contributed by atoms with E-state index in [4.69, 9.17) is 4.74 Å². The van der Waals surface area contributed by atoms with Crippen LogP contribution in [0.1, 0.15) is 55.5 Å². The monoisotopic (exact) mass is 711 g/mol. The second-order valence-corrected chi connectivity index (χ2v) is 14.2. The highest BCUT2D eigenvalue weighted by molar-refractivity contribution is 6.00. The molecule has 3 aromatic rings. The predicted octanol–water partition coefficient (Wildman–Crippen LogP) is 5.19. The van der Waals surface area contributed by atoms with Crippen molar-refractivity contribution in [3.8, 4) is 28.5 Å². The highest BCUT2D eigenvalue weighted by Gasteiger charge is 2.32. The normalized spacial score (nSPS) is 24.5. The Morgan fingerprint density at radius 2 is 1.67 bits per heavy atom. The quantitative estimate of drug-likeness (QED) is 0.239. The minimum Gasteiger partial charge on any atom is -0.508 e. The summed E-state index contributed by atoms with van der Waals surface area (Å²) < 4.78 is 34.1. The number of rotatable bonds is 9. The van der Waals surface area contributed by atoms with Gasteiger partial charge in [0.15, 0.2) is 0 Å². The van der Waals surface area contributed by atoms with Crippen molar-refractivity contribution >= 4 is 17.6 Å². The summed E-state index contributed by atoms with van der Waals surface area (Å²) in [5, 5.41) is 20.2. The molecule has 4 aliphatic rings. The second kappa shape index (κ2) is 15.2. The molecule has 1 saturated heterocycles. The molecule has 1 unspecified atom stereocenters. The number of aliphatic imine (C=N–C) groups is 1. The Balaban J connectivity index is 0.962. The Bertz CT molecular complexity index is 1920. The molecule has 4 N–H and O–H groups in total. The predicted molar refractivity (Wildman–Crippen MR) is 193 cm³/mol. The summed E-state index contributed by atoms with van der Waals surface area (Å²) in [5.41, 5.74) is 2.54. The van der Waals surface area contributed by atoms with Gasteiger partial charge in [0.2, 0.25) is 11.8 Å². The van der Waals surface area contributed by atoms with E-state index >= 15 is 0 Å². The molecule has 2 amide bonds. The van der Waals surface area contributed by atoms with Crippen molar-refractivity contribution in [3.05, 3.63) is 95.9 Å². The molecule has 3 aliphatic heterocycles. The number of piperazine rings is 1. The number of nitrogens with one attached hydrogen (secondary N) is 3. The zero-order chi connectivity index (χ0) is 36.4. The molecule has 1 aliphatic carbocycles. The number of halogens is 2. The van der Waals surface area contributed by atoms with Gasteiger partial charge in [0.05, 0.1) is 12.7 Å². The maximum Gasteiger partial charge on any atom is 0.257 e. The largest absolute Gasteiger partial charge is 0.508 e. The van der Waals surface area contributed by atoms with E-state index in [-0.39, 0.29) is 47.6 Å². The number of allylic oxidation sites excluding steroid dienone is 2. The van der Waals surface area contributed by atoms with E-state index in [9.17, 15) is 23.5 Å². The smallest absolute Gasteiger partial charge is 0.257 e. The van der Waals surface area contributed by atoms with Crippen molar-refractivity contribution in [1.82, 2.24) is 30.7 Å². The molecule has 1 saturated carbocycles. The van der Waals surface area contributed by atoms with Crippen LogP contribution < -0.4 is 20.7 Å². The maximum absolute atomic E-state index is 14.4. The van der Waals surface area contributed by atoms with E-state index < -0.39 is 17.8 Å². The van der Waals surface area contributed by atoms with E-state index in [1.807, 2.05) is 30.3 Å². The first-order chi connectivity index (χ1) is 25.1. The lowest BCUT2D eigenvalue weighted by Gasteiger charge is -2.36. The van der Waals surface area contributed by atoms with Gasteiger partial charge in [-0.1, -0.05) is 18.2 Å². The summed E-state index contributed by atoms with van der Waals surface area (Å²) >= 11 is 0. The fourth-order valence-electron chi connectivity index (χ4n) is 7.47. The van der Waals surface area contributed by atoms with Gasteiger partial charge < -0.3 is 30.7 Å². The third kappa shape index (κ3) is 8.32. The molecule has 2 fully saturated rings. The fourth-order valence-corrected chi connectivity index (χ4v) is 7.47. The third-order valence-electron chi connectivity index (χ3n) is 9.89. The van der Waals surface area contributed by atoms with Gasteiger partial charge in [-0.2, -0.15) is 0 Å². The Labute approximate surface area is 301 Å². The number of carbonyl (C=O) groups is 2. The number of aromatic nitrogens is 1. The lowest BCUT2D eigenvalue weighted by atomic mass is 9.90. The van der Waals surface area contributed by atoms with Gasteiger partial charge in [0, 0.05) is 55.6 Å². The van der Waals surface area contributed by atoms with Crippen LogP contribution in [0.5, 0.6) is 17.4 Å². The highest BCUT2D eigenvalue weighted by Crippen LogP contribution is 2.32. The number of carbonyl (C=O) groups excluding carboxylic acids is 2. The number of pyridine rings is 1. The molecule has 1 aromatic heterocycles. The minimum atomic E-state index is -0.664. The molecule has 0 spiro atoms. The number of ether oxygens (including phenoxy) is 1. The topological polar surface area (TPSA) is 131 Å². The zero-order valence-corrected chi connectivity index (χ0v) is 29.2. The summed E-state index contributed by atoms with van der Waals surface area (Å²) in [7, 11) is 0. The Morgan fingerprint density at radius 3 is 2.44 bits per heavy atom. The summed E-state index contributed by atoms with van der Waals surface area (Å²) in [6.07, 6.45) is 7.73. The molecule has 4 heterocycles. The van der Waals surface area contributed by atoms with Crippen LogP contribution >= 0.6 is 0 Å². The van der Waals surface area contributed by atoms with Gasteiger partial charge in [-0.15, -0.1) is 0 Å². The standard InChI is InChI=1S/C39H43F2N7O4/c1-23-18-47(19-24(2)43-23)20-27-14-26(6-12-35(27)49)25-4-3-5-32(15-25)52-39-33(16-29(41)17-42-39)37(50)44-30-8-10-31(11-9-30)45-38(51)34-22-48-21-28(40)7-13-36(48)46-34/h3-7,12-17,21,23-24,30-31,34,43,49H,8-11,18-20,22H2,1-2H3,(H,44,50)(H,45,51)/t23-,24+,30-,31+,34?. The van der Waals surface area contributed by atoms with E-state index in [1.54, 1.807) is 23.1 Å². The molecular weight excluding hydrogens is 668 g/mol. The molecule has 0 bridgehead atoms. The van der Waals surface area contributed by atoms with E-state index in [1.165, 1.54) is 12.3 Å². The SMILES string of the molecule is C[C@@H]1CN(Cc2cc(-c3cccc(Oc4ncc(F)cc4C(=O)N[C@H]4CC[C@@H](NC(=O)C5CN6C=C(F)C=CC6=N5)CC4)c3)ccc2O)C[C@H](C)N1. The summed E-state index contributed by atoms with van der Waals surface area (Å²) in [5.74, 6) is -0.560. The van der Waals surface area contributed by atoms with Crippen LogP contribution in [0.3, 0.4) is 0 Å². The number of amidine groups is 1. The Hall–Kier alpha value is -5.14. The van der Waals surface area contributed by atoms with Crippen molar-refractivity contribution in [2.75, 3.05) is 19.6 Å². The number of hydrogen-bond donors (Lipinski definition) is 4. The van der Waals surface area contributed by atoms with Crippen LogP contribution in [0.4, 0.5) is 8.78 Å². The van der Waals surface area contributed by atoms with Crippen LogP contribution in [-0.4, -0.2) is 87.4 Å². The lowest BCUT2D eigenvalue weighted by molar-refractivity contribution is -0.123. The lowest BCUT2D eigenvalue weighted by Crippen LogP contribution is -2.53. The molecule has 3 atom stereocenters. The molecule has 11 nitrogen and oxygen atoms in total. The van der Waals surface area contributed by atoms with Gasteiger partial charge in [0.25, 0.3) is 5.91 Å². The second-order valence-electron chi connectivity index (χ2n) is 14.2. The highest BCUT2D eigenvalue weighted by atomic mass is 19.1. The molecule has 2 aromatic carbocycles. The van der Waals surface area contributed by atoms with Crippen molar-refractivity contribution in [3.63, 3.8) is 0 Å². The molecule has 52 heavy (non-hydrogen) atoms. The number of fused-ring (bicyclic) bond motifs is 1. The van der Waals surface area contributed by atoms with Crippen LogP contribution in [0.15, 0.2) is 83.9 Å². The van der Waals surface area contributed by atoms with E-state index in [0.717, 1.165) is 42.0 Å². The number of phenols is 1. The fraction of sp³-hybridized carbons (Fsp3) is 0.385. The number of nitrogens with zero attached hydrogens (tertiary/aromatic N) is 4. The van der Waals surface area contributed by atoms with Gasteiger partial charge in [0.1, 0.15) is 40.6 Å². The number of hydrogen-bond acceptors (Lipinski definition) is 9. The van der Waals surface area contributed by atoms with E-state index in [2.05, 4.69) is 44.7 Å². The van der Waals surface area contributed by atoms with Crippen LogP contribution in [0, 0.1) is 5.82 Å². The number of aromatic hydroxyl groups is 1. The average Bonchev–Trinajstić information content (AvgIpc) is 3.54. The van der Waals surface area contributed by atoms with Gasteiger partial charge in [-0.25, -0.2) is 13.8 Å². The van der Waals surface area contributed by atoms with Gasteiger partial charge in [-0.05, 0) is 93.1 Å². The molecule has 7 rings (SSSR count). The van der Waals surface area contributed by atoms with Crippen molar-refractivity contribution in [2.24, 2.45) is 4.99 Å². The first-order valence-corrected chi connectivity index (χ1v) is 17.8. The summed E-state index contributed by atoms with van der Waals surface area (Å²) in [6.45, 7) is 6.99. The zero-order valence-electron chi connectivity index (χ0n) is 29.2. The Kier molecular flexibility index (Phi) is 10.3.